The van der Waals surface area contributed by atoms with Gasteiger partial charge in [0.15, 0.2) is 0 Å². The van der Waals surface area contributed by atoms with Gasteiger partial charge in [0, 0.05) is 50.0 Å². The molecule has 3 saturated heterocycles. The lowest BCUT2D eigenvalue weighted by Crippen LogP contribution is -2.58. The minimum absolute atomic E-state index is 0.0506. The number of aromatic nitrogens is 2. The van der Waals surface area contributed by atoms with Crippen molar-refractivity contribution in [3.8, 4) is 0 Å². The van der Waals surface area contributed by atoms with Gasteiger partial charge >= 0.3 is 7.60 Å². The topological polar surface area (TPSA) is 156 Å². The summed E-state index contributed by atoms with van der Waals surface area (Å²) in [6, 6.07) is 6.11. The van der Waals surface area contributed by atoms with Crippen LogP contribution in [0.25, 0.3) is 10.1 Å². The van der Waals surface area contributed by atoms with Gasteiger partial charge in [-0.25, -0.2) is 14.4 Å². The van der Waals surface area contributed by atoms with Crippen molar-refractivity contribution in [2.75, 3.05) is 32.1 Å². The maximum atomic E-state index is 14.2. The molecule has 1 aromatic carbocycles. The largest absolute Gasteiger partial charge is 0.363 e. The summed E-state index contributed by atoms with van der Waals surface area (Å²) >= 11 is 1.14. The number of alkyl halides is 1. The third-order valence-corrected chi connectivity index (χ3v) is 10.7. The molecule has 5 heterocycles. The number of likely N-dealkylation sites (tertiary alicyclic amines) is 1. The van der Waals surface area contributed by atoms with Gasteiger partial charge in [-0.05, 0) is 67.3 Å². The lowest BCUT2D eigenvalue weighted by molar-refractivity contribution is -0.148. The molecule has 4 atom stereocenters. The highest BCUT2D eigenvalue weighted by atomic mass is 32.1. The molecule has 3 N–H and O–H groups in total. The summed E-state index contributed by atoms with van der Waals surface area (Å²) in [6.07, 6.45) is 4.97. The Balaban J connectivity index is 1.12. The number of nitrogens with one attached hydrogen (secondary N) is 1. The van der Waals surface area contributed by atoms with E-state index in [1.807, 2.05) is 25.1 Å². The fourth-order valence-corrected chi connectivity index (χ4v) is 7.84. The first-order valence-electron chi connectivity index (χ1n) is 14.6. The fourth-order valence-electron chi connectivity index (χ4n) is 6.34. The number of fused-ring (bicyclic) bond motifs is 2. The highest BCUT2D eigenvalue weighted by molar-refractivity contribution is 7.51. The summed E-state index contributed by atoms with van der Waals surface area (Å²) in [6.45, 7) is 1.05. The van der Waals surface area contributed by atoms with E-state index in [9.17, 15) is 33.1 Å². The molecule has 6 rings (SSSR count). The van der Waals surface area contributed by atoms with Gasteiger partial charge in [-0.3, -0.25) is 18.9 Å². The number of carbonyl (C=O) groups is 3. The van der Waals surface area contributed by atoms with Gasteiger partial charge in [0.05, 0.1) is 10.6 Å². The third kappa shape index (κ3) is 5.83. The molecule has 3 fully saturated rings. The number of anilines is 1. The molecule has 44 heavy (non-hydrogen) atoms. The average Bonchev–Trinajstić information content (AvgIpc) is 3.55. The summed E-state index contributed by atoms with van der Waals surface area (Å²) in [7, 11) is -1.22. The van der Waals surface area contributed by atoms with Crippen molar-refractivity contribution < 1.29 is 33.1 Å². The zero-order valence-electron chi connectivity index (χ0n) is 24.3. The summed E-state index contributed by atoms with van der Waals surface area (Å²) < 4.78 is 26.2. The summed E-state index contributed by atoms with van der Waals surface area (Å²) in [5, 5.41) is 3.33. The van der Waals surface area contributed by atoms with Crippen molar-refractivity contribution in [3.05, 3.63) is 52.7 Å². The van der Waals surface area contributed by atoms with Crippen LogP contribution in [0.5, 0.6) is 0 Å². The Hall–Kier alpha value is -3.45. The van der Waals surface area contributed by atoms with Gasteiger partial charge in [0.2, 0.25) is 23.7 Å². The van der Waals surface area contributed by atoms with Crippen molar-refractivity contribution in [2.24, 2.45) is 0 Å². The van der Waals surface area contributed by atoms with Crippen LogP contribution in [0.4, 0.5) is 10.3 Å². The molecule has 234 valence electrons. The second kappa shape index (κ2) is 11.8. The van der Waals surface area contributed by atoms with Crippen molar-refractivity contribution in [3.63, 3.8) is 0 Å². The predicted octanol–water partition coefficient (Wildman–Crippen LogP) is 3.17. The van der Waals surface area contributed by atoms with Gasteiger partial charge in [-0.2, -0.15) is 0 Å². The Morgan fingerprint density at radius 3 is 2.64 bits per heavy atom. The minimum Gasteiger partial charge on any atom is -0.347 e. The zero-order chi connectivity index (χ0) is 31.3. The minimum atomic E-state index is -4.97. The van der Waals surface area contributed by atoms with Gasteiger partial charge in [-0.15, -0.1) is 11.3 Å². The highest BCUT2D eigenvalue weighted by Crippen LogP contribution is 2.53. The number of nitrogens with zero attached hydrogens (tertiary/aromatic N) is 5. The van der Waals surface area contributed by atoms with Crippen LogP contribution in [0, 0.1) is 0 Å². The third-order valence-electron chi connectivity index (χ3n) is 8.69. The molecule has 15 heteroatoms. The van der Waals surface area contributed by atoms with E-state index in [1.54, 1.807) is 16.0 Å². The lowest BCUT2D eigenvalue weighted by atomic mass is 9.94. The molecule has 3 aromatic rings. The van der Waals surface area contributed by atoms with Crippen LogP contribution >= 0.6 is 18.9 Å². The molecular weight excluding hydrogens is 610 g/mol. The molecule has 0 aliphatic carbocycles. The molecule has 0 bridgehead atoms. The molecule has 0 radical (unpaired) electrons. The Bertz CT molecular complexity index is 1660. The maximum absolute atomic E-state index is 14.2. The number of amides is 3. The lowest BCUT2D eigenvalue weighted by Gasteiger charge is -2.42. The first-order valence-corrected chi connectivity index (χ1v) is 17.1. The summed E-state index contributed by atoms with van der Waals surface area (Å²) in [5.74, 6) is -2.54. The smallest absolute Gasteiger partial charge is 0.347 e. The van der Waals surface area contributed by atoms with Gasteiger partial charge in [-0.1, -0.05) is 6.07 Å². The van der Waals surface area contributed by atoms with Crippen LogP contribution in [-0.4, -0.2) is 92.6 Å². The molecule has 3 aliphatic heterocycles. The quantitative estimate of drug-likeness (QED) is 0.329. The van der Waals surface area contributed by atoms with Crippen molar-refractivity contribution in [2.45, 2.75) is 62.1 Å². The maximum Gasteiger partial charge on any atom is 0.363 e. The summed E-state index contributed by atoms with van der Waals surface area (Å²) in [4.78, 5) is 73.5. The molecule has 12 nitrogen and oxygen atoms in total. The average molecular weight is 645 g/mol. The van der Waals surface area contributed by atoms with Gasteiger partial charge in [0.1, 0.15) is 12.1 Å². The van der Waals surface area contributed by atoms with E-state index < -0.39 is 31.5 Å². The molecule has 0 unspecified atom stereocenters. The van der Waals surface area contributed by atoms with E-state index in [1.165, 1.54) is 24.3 Å². The normalized spacial score (nSPS) is 23.2. The number of hydrogen-bond donors (Lipinski definition) is 3. The van der Waals surface area contributed by atoms with Crippen LogP contribution in [-0.2, 0) is 14.2 Å². The Kier molecular flexibility index (Phi) is 8.20. The number of carbonyl (C=O) groups excluding carboxylic acids is 3. The number of hydrogen-bond acceptors (Lipinski definition) is 8. The predicted molar refractivity (Wildman–Crippen MR) is 162 cm³/mol. The standard InChI is InChI=1S/C29H34FN6O6PS/c1-34(2)29-31-11-10-20(33-29)18-14-35(15-18)28(39)22-8-7-19-4-3-5-21(27(38)36(19)22)32-26(37)24-13-17-12-16(6-9-23(17)44-24)25(30)43(40,41)42/h6,9-13,18-19,21-22,25H,3-5,7-8,14-15H2,1-2H3,(H,32,37)(H2,40,41,42)/t19-,21-,22-,25-/m0/s1. The van der Waals surface area contributed by atoms with Crippen molar-refractivity contribution in [1.29, 1.82) is 0 Å². The second-order valence-electron chi connectivity index (χ2n) is 11.9. The SMILES string of the molecule is CN(C)c1nccc(C2CN(C(=O)[C@@H]3CC[C@@H]4CCC[C@H](NC(=O)c5cc6cc([C@@H](F)P(=O)(O)O)ccc6s5)C(=O)N43)C2)n1. The van der Waals surface area contributed by atoms with Crippen LogP contribution in [0.1, 0.15) is 64.9 Å². The number of thiophene rings is 1. The monoisotopic (exact) mass is 644 g/mol. The first-order chi connectivity index (χ1) is 20.9. The molecular formula is C29H34FN6O6PS. The Morgan fingerprint density at radius 1 is 1.14 bits per heavy atom. The zero-order valence-corrected chi connectivity index (χ0v) is 26.0. The highest BCUT2D eigenvalue weighted by Gasteiger charge is 2.47. The van der Waals surface area contributed by atoms with E-state index in [2.05, 4.69) is 15.3 Å². The van der Waals surface area contributed by atoms with Gasteiger partial charge in [0.25, 0.3) is 5.91 Å². The first kappa shape index (κ1) is 30.6. The fraction of sp³-hybridized carbons (Fsp3) is 0.483. The van der Waals surface area contributed by atoms with Crippen LogP contribution in [0.15, 0.2) is 36.5 Å². The number of halogens is 1. The molecule has 0 saturated carbocycles. The Morgan fingerprint density at radius 2 is 1.91 bits per heavy atom. The van der Waals surface area contributed by atoms with E-state index >= 15 is 0 Å². The van der Waals surface area contributed by atoms with Crippen molar-refractivity contribution in [1.82, 2.24) is 25.1 Å². The van der Waals surface area contributed by atoms with Crippen LogP contribution in [0.3, 0.4) is 0 Å². The molecule has 2 aromatic heterocycles. The van der Waals surface area contributed by atoms with Gasteiger partial charge < -0.3 is 29.8 Å². The van der Waals surface area contributed by atoms with Crippen LogP contribution < -0.4 is 10.2 Å². The molecule has 3 aliphatic rings. The molecule has 0 spiro atoms. The van der Waals surface area contributed by atoms with E-state index in [0.29, 0.717) is 46.8 Å². The van der Waals surface area contributed by atoms with E-state index in [0.717, 1.165) is 36.3 Å². The van der Waals surface area contributed by atoms with E-state index in [-0.39, 0.29) is 29.3 Å². The number of benzene rings is 1. The summed E-state index contributed by atoms with van der Waals surface area (Å²) in [5.41, 5.74) is 0.712. The van der Waals surface area contributed by atoms with Crippen LogP contribution in [0.2, 0.25) is 0 Å². The van der Waals surface area contributed by atoms with E-state index in [4.69, 9.17) is 0 Å². The number of rotatable bonds is 7. The van der Waals surface area contributed by atoms with Crippen molar-refractivity contribution >= 4 is 52.7 Å². The molecule has 3 amide bonds. The second-order valence-corrected chi connectivity index (χ2v) is 14.6. The Labute approximate surface area is 257 Å².